The van der Waals surface area contributed by atoms with Crippen molar-refractivity contribution in [3.05, 3.63) is 23.8 Å². The molecule has 94 valence electrons. The van der Waals surface area contributed by atoms with Crippen molar-refractivity contribution in [2.24, 2.45) is 0 Å². The van der Waals surface area contributed by atoms with E-state index in [1.54, 1.807) is 0 Å². The van der Waals surface area contributed by atoms with Gasteiger partial charge in [0.25, 0.3) is 5.91 Å². The second kappa shape index (κ2) is 5.52. The highest BCUT2D eigenvalue weighted by Crippen LogP contribution is 2.32. The number of nitrogens with one attached hydrogen (secondary N) is 1. The highest BCUT2D eigenvalue weighted by atomic mass is 16.5. The fourth-order valence-corrected chi connectivity index (χ4v) is 1.92. The van der Waals surface area contributed by atoms with Gasteiger partial charge in [0.1, 0.15) is 12.3 Å². The van der Waals surface area contributed by atoms with Crippen LogP contribution in [0.3, 0.4) is 0 Å². The molecule has 0 saturated heterocycles. The molecule has 0 bridgehead atoms. The summed E-state index contributed by atoms with van der Waals surface area (Å²) in [6.07, 6.45) is 0.873. The Morgan fingerprint density at radius 3 is 3.11 bits per heavy atom. The van der Waals surface area contributed by atoms with E-state index in [0.717, 1.165) is 18.5 Å². The Morgan fingerprint density at radius 1 is 1.56 bits per heavy atom. The third-order valence-corrected chi connectivity index (χ3v) is 2.86. The molecule has 2 rings (SSSR count). The maximum absolute atomic E-state index is 11.7. The average Bonchev–Trinajstić information content (AvgIpc) is 2.39. The first-order chi connectivity index (χ1) is 8.76. The van der Waals surface area contributed by atoms with E-state index in [2.05, 4.69) is 5.32 Å². The lowest BCUT2D eigenvalue weighted by Gasteiger charge is -2.27. The number of hydrogen-bond acceptors (Lipinski definition) is 4. The lowest BCUT2D eigenvalue weighted by Crippen LogP contribution is -2.39. The van der Waals surface area contributed by atoms with E-state index in [4.69, 9.17) is 10.00 Å². The number of fused-ring (bicyclic) bond motifs is 1. The van der Waals surface area contributed by atoms with Gasteiger partial charge in [-0.1, -0.05) is 6.07 Å². The van der Waals surface area contributed by atoms with Crippen LogP contribution in [0.1, 0.15) is 5.56 Å². The van der Waals surface area contributed by atoms with Crippen molar-refractivity contribution in [3.63, 3.8) is 0 Å². The molecule has 0 saturated carbocycles. The molecule has 0 spiro atoms. The molecule has 1 aliphatic heterocycles. The molecule has 5 nitrogen and oxygen atoms in total. The monoisotopic (exact) mass is 245 g/mol. The van der Waals surface area contributed by atoms with Crippen LogP contribution in [0, 0.1) is 11.3 Å². The molecule has 1 aliphatic rings. The molecule has 1 aromatic carbocycles. The molecule has 1 N–H and O–H groups in total. The van der Waals surface area contributed by atoms with Crippen molar-refractivity contribution < 1.29 is 9.53 Å². The molecule has 1 aromatic rings. The number of carbonyl (C=O) groups is 1. The standard InChI is InChI=1S/C13H15N3O2/c1-15-6-4-10-2-3-12-11(8-10)16(7-5-14)13(17)9-18-12/h2-3,8,15H,4,6-7,9H2,1H3. The number of benzene rings is 1. The number of hydrogen-bond donors (Lipinski definition) is 1. The molecular formula is C13H15N3O2. The fraction of sp³-hybridized carbons (Fsp3) is 0.385. The Kier molecular flexibility index (Phi) is 3.80. The Labute approximate surface area is 106 Å². The van der Waals surface area contributed by atoms with Crippen molar-refractivity contribution in [3.8, 4) is 11.8 Å². The van der Waals surface area contributed by atoms with Crippen LogP contribution in [-0.4, -0.2) is 32.7 Å². The number of nitrogens with zero attached hydrogens (tertiary/aromatic N) is 2. The van der Waals surface area contributed by atoms with E-state index in [1.165, 1.54) is 4.90 Å². The van der Waals surface area contributed by atoms with Gasteiger partial charge in [-0.3, -0.25) is 9.69 Å². The maximum Gasteiger partial charge on any atom is 0.265 e. The molecule has 5 heteroatoms. The van der Waals surface area contributed by atoms with Gasteiger partial charge in [-0.2, -0.15) is 5.26 Å². The number of ether oxygens (including phenoxy) is 1. The third kappa shape index (κ3) is 2.44. The van der Waals surface area contributed by atoms with E-state index in [1.807, 2.05) is 31.3 Å². The number of likely N-dealkylation sites (N-methyl/N-ethyl adjacent to an activating group) is 1. The molecule has 18 heavy (non-hydrogen) atoms. The number of nitriles is 1. The summed E-state index contributed by atoms with van der Waals surface area (Å²) in [6.45, 7) is 0.932. The second-order valence-corrected chi connectivity index (χ2v) is 4.08. The molecular weight excluding hydrogens is 230 g/mol. The summed E-state index contributed by atoms with van der Waals surface area (Å²) in [5.41, 5.74) is 1.81. The van der Waals surface area contributed by atoms with Crippen molar-refractivity contribution >= 4 is 11.6 Å². The van der Waals surface area contributed by atoms with Crippen LogP contribution in [0.5, 0.6) is 5.75 Å². The number of anilines is 1. The first-order valence-corrected chi connectivity index (χ1v) is 5.84. The minimum atomic E-state index is -0.171. The first-order valence-electron chi connectivity index (χ1n) is 5.84. The summed E-state index contributed by atoms with van der Waals surface area (Å²) in [6, 6.07) is 7.77. The van der Waals surface area contributed by atoms with Crippen LogP contribution in [0.4, 0.5) is 5.69 Å². The lowest BCUT2D eigenvalue weighted by atomic mass is 10.1. The predicted octanol–water partition coefficient (Wildman–Crippen LogP) is 0.697. The van der Waals surface area contributed by atoms with E-state index < -0.39 is 0 Å². The van der Waals surface area contributed by atoms with Crippen LogP contribution >= 0.6 is 0 Å². The largest absolute Gasteiger partial charge is 0.482 e. The van der Waals surface area contributed by atoms with Gasteiger partial charge in [-0.05, 0) is 37.7 Å². The average molecular weight is 245 g/mol. The van der Waals surface area contributed by atoms with Gasteiger partial charge >= 0.3 is 0 Å². The highest BCUT2D eigenvalue weighted by molar-refractivity contribution is 5.98. The Bertz CT molecular complexity index is 493. The normalized spacial score (nSPS) is 13.8. The molecule has 0 fully saturated rings. The van der Waals surface area contributed by atoms with Gasteiger partial charge in [0.2, 0.25) is 0 Å². The molecule has 1 heterocycles. The van der Waals surface area contributed by atoms with Crippen LogP contribution < -0.4 is 15.0 Å². The number of carbonyl (C=O) groups excluding carboxylic acids is 1. The zero-order valence-corrected chi connectivity index (χ0v) is 10.3. The van der Waals surface area contributed by atoms with Crippen molar-refractivity contribution in [2.45, 2.75) is 6.42 Å². The molecule has 0 unspecified atom stereocenters. The van der Waals surface area contributed by atoms with E-state index >= 15 is 0 Å². The third-order valence-electron chi connectivity index (χ3n) is 2.86. The van der Waals surface area contributed by atoms with Gasteiger partial charge in [-0.15, -0.1) is 0 Å². The van der Waals surface area contributed by atoms with Crippen LogP contribution in [0.15, 0.2) is 18.2 Å². The van der Waals surface area contributed by atoms with Gasteiger partial charge in [-0.25, -0.2) is 0 Å². The Hall–Kier alpha value is -2.06. The Balaban J connectivity index is 2.30. The van der Waals surface area contributed by atoms with E-state index in [-0.39, 0.29) is 19.1 Å². The summed E-state index contributed by atoms with van der Waals surface area (Å²) in [7, 11) is 1.90. The van der Waals surface area contributed by atoms with Gasteiger partial charge in [0, 0.05) is 0 Å². The van der Waals surface area contributed by atoms with Gasteiger partial charge in [0.15, 0.2) is 6.61 Å². The Morgan fingerprint density at radius 2 is 2.39 bits per heavy atom. The maximum atomic E-state index is 11.7. The molecule has 0 atom stereocenters. The van der Waals surface area contributed by atoms with E-state index in [9.17, 15) is 4.79 Å². The molecule has 0 aromatic heterocycles. The second-order valence-electron chi connectivity index (χ2n) is 4.08. The number of rotatable bonds is 4. The smallest absolute Gasteiger partial charge is 0.265 e. The van der Waals surface area contributed by atoms with Gasteiger partial charge < -0.3 is 10.1 Å². The summed E-state index contributed by atoms with van der Waals surface area (Å²) in [5, 5.41) is 11.9. The predicted molar refractivity (Wildman–Crippen MR) is 67.5 cm³/mol. The highest BCUT2D eigenvalue weighted by Gasteiger charge is 2.25. The summed E-state index contributed by atoms with van der Waals surface area (Å²) >= 11 is 0. The summed E-state index contributed by atoms with van der Waals surface area (Å²) in [5.74, 6) is 0.493. The van der Waals surface area contributed by atoms with E-state index in [0.29, 0.717) is 11.4 Å². The zero-order valence-electron chi connectivity index (χ0n) is 10.3. The minimum absolute atomic E-state index is 0.00451. The lowest BCUT2D eigenvalue weighted by molar-refractivity contribution is -0.121. The zero-order chi connectivity index (χ0) is 13.0. The van der Waals surface area contributed by atoms with Crippen LogP contribution in [-0.2, 0) is 11.2 Å². The quantitative estimate of drug-likeness (QED) is 0.793. The fourth-order valence-electron chi connectivity index (χ4n) is 1.92. The molecule has 0 radical (unpaired) electrons. The van der Waals surface area contributed by atoms with Crippen molar-refractivity contribution in [1.29, 1.82) is 5.26 Å². The first kappa shape index (κ1) is 12.4. The van der Waals surface area contributed by atoms with Crippen molar-refractivity contribution in [1.82, 2.24) is 5.32 Å². The molecule has 0 aliphatic carbocycles. The topological polar surface area (TPSA) is 65.4 Å². The number of amides is 1. The van der Waals surface area contributed by atoms with Crippen LogP contribution in [0.25, 0.3) is 0 Å². The SMILES string of the molecule is CNCCc1ccc2c(c1)N(CC#N)C(=O)CO2. The van der Waals surface area contributed by atoms with Crippen molar-refractivity contribution in [2.75, 3.05) is 31.6 Å². The van der Waals surface area contributed by atoms with Gasteiger partial charge in [0.05, 0.1) is 11.8 Å². The van der Waals surface area contributed by atoms with Crippen LogP contribution in [0.2, 0.25) is 0 Å². The summed E-state index contributed by atoms with van der Waals surface area (Å²) < 4.78 is 5.36. The minimum Gasteiger partial charge on any atom is -0.482 e. The summed E-state index contributed by atoms with van der Waals surface area (Å²) in [4.78, 5) is 13.2. The molecule has 1 amide bonds.